The average Bonchev–Trinajstić information content (AvgIpc) is 1.21. The molecule has 0 aromatic heterocycles. The van der Waals surface area contributed by atoms with Gasteiger partial charge in [-0.25, -0.2) is 0 Å². The van der Waals surface area contributed by atoms with E-state index >= 15 is 0 Å². The van der Waals surface area contributed by atoms with Crippen molar-refractivity contribution in [2.75, 3.05) is 31.1 Å². The summed E-state index contributed by atoms with van der Waals surface area (Å²) in [5.74, 6) is 2.11. The minimum Gasteiger partial charge on any atom is -0.496 e. The lowest BCUT2D eigenvalue weighted by Gasteiger charge is -2.25. The molecule has 0 saturated carbocycles. The van der Waals surface area contributed by atoms with E-state index in [0.717, 1.165) is 140 Å². The van der Waals surface area contributed by atoms with Gasteiger partial charge in [-0.3, -0.25) is 4.79 Å². The zero-order valence-electron chi connectivity index (χ0n) is 49.1. The van der Waals surface area contributed by atoms with E-state index in [0.29, 0.717) is 11.3 Å². The minimum atomic E-state index is 0.555. The molecule has 0 fully saturated rings. The second-order valence-electron chi connectivity index (χ2n) is 21.5. The number of fused-ring (bicyclic) bond motifs is 3. The molecule has 0 N–H and O–H groups in total. The summed E-state index contributed by atoms with van der Waals surface area (Å²) in [7, 11) is 5.13. The maximum atomic E-state index is 13.2. The van der Waals surface area contributed by atoms with Crippen molar-refractivity contribution in [1.29, 1.82) is 0 Å². The number of hydrogen-bond acceptors (Lipinski definition) is 6. The van der Waals surface area contributed by atoms with Crippen molar-refractivity contribution in [2.24, 2.45) is 0 Å². The highest BCUT2D eigenvalue weighted by Gasteiger charge is 2.20. The Kier molecular flexibility index (Phi) is 16.1. The van der Waals surface area contributed by atoms with Crippen LogP contribution in [-0.2, 0) is 0 Å². The molecule has 0 aliphatic heterocycles. The lowest BCUT2D eigenvalue weighted by molar-refractivity contribution is 0.112. The van der Waals surface area contributed by atoms with Crippen LogP contribution in [0.3, 0.4) is 0 Å². The highest BCUT2D eigenvalue weighted by atomic mass is 16.5. The SMILES string of the molecule is COc1cc(-c2ccc3c(ccc4cc(-c5cc(C=O)c(C=C(c6ccccc6)c6ccc(N(c7ccccc7)c7ccccc7)cc6)cc5OC)ccc43)c2)c(OC)cc1C=C(c1ccccc1)c1ccc(N(c2ccccc2)c2ccccc2)cc1. The molecule has 0 amide bonds. The number of benzene rings is 13. The second-order valence-corrected chi connectivity index (χ2v) is 21.5. The Labute approximate surface area is 514 Å². The number of aldehydes is 1. The van der Waals surface area contributed by atoms with Gasteiger partial charge in [0, 0.05) is 56.4 Å². The van der Waals surface area contributed by atoms with Crippen LogP contribution in [0.1, 0.15) is 43.7 Å². The summed E-state index contributed by atoms with van der Waals surface area (Å²) >= 11 is 0. The Bertz CT molecular complexity index is 4570. The normalized spacial score (nSPS) is 11.5. The lowest BCUT2D eigenvalue weighted by atomic mass is 9.91. The van der Waals surface area contributed by atoms with Crippen molar-refractivity contribution in [1.82, 2.24) is 0 Å². The summed E-state index contributed by atoms with van der Waals surface area (Å²) in [5.41, 5.74) is 18.5. The fourth-order valence-corrected chi connectivity index (χ4v) is 11.9. The van der Waals surface area contributed by atoms with Gasteiger partial charge in [-0.05, 0) is 193 Å². The number of carbonyl (C=O) groups excluding carboxylic acids is 1. The third-order valence-electron chi connectivity index (χ3n) is 16.2. The zero-order chi connectivity index (χ0) is 59.8. The van der Waals surface area contributed by atoms with E-state index in [9.17, 15) is 4.79 Å². The largest absolute Gasteiger partial charge is 0.496 e. The monoisotopic (exact) mass is 1140 g/mol. The lowest BCUT2D eigenvalue weighted by Crippen LogP contribution is -2.09. The van der Waals surface area contributed by atoms with E-state index in [-0.39, 0.29) is 0 Å². The Morgan fingerprint density at radius 1 is 0.295 bits per heavy atom. The molecule has 0 unspecified atom stereocenters. The fraction of sp³-hybridized carbons (Fsp3) is 0.0366. The molecule has 88 heavy (non-hydrogen) atoms. The number of ether oxygens (including phenoxy) is 3. The molecule has 0 heterocycles. The Hall–Kier alpha value is -11.5. The van der Waals surface area contributed by atoms with Crippen molar-refractivity contribution < 1.29 is 19.0 Å². The predicted octanol–water partition coefficient (Wildman–Crippen LogP) is 21.3. The first-order valence-electron chi connectivity index (χ1n) is 29.4. The van der Waals surface area contributed by atoms with Gasteiger partial charge in [0.15, 0.2) is 6.29 Å². The average molecular weight is 1140 g/mol. The van der Waals surface area contributed by atoms with E-state index in [2.05, 4.69) is 265 Å². The molecule has 13 aromatic rings. The fourth-order valence-electron chi connectivity index (χ4n) is 11.9. The summed E-state index contributed by atoms with van der Waals surface area (Å²) < 4.78 is 18.6. The maximum absolute atomic E-state index is 13.2. The number of nitrogens with zero attached hydrogens (tertiary/aromatic N) is 2. The second kappa shape index (κ2) is 25.4. The number of carbonyl (C=O) groups is 1. The first kappa shape index (κ1) is 55.7. The molecule has 0 radical (unpaired) electrons. The smallest absolute Gasteiger partial charge is 0.150 e. The van der Waals surface area contributed by atoms with Crippen LogP contribution in [0.25, 0.3) is 67.1 Å². The number of anilines is 6. The first-order chi connectivity index (χ1) is 43.4. The summed E-state index contributed by atoms with van der Waals surface area (Å²) in [5, 5.41) is 4.37. The molecule has 6 nitrogen and oxygen atoms in total. The van der Waals surface area contributed by atoms with Crippen LogP contribution < -0.4 is 24.0 Å². The van der Waals surface area contributed by atoms with Gasteiger partial charge in [0.1, 0.15) is 17.2 Å². The molecule has 6 heteroatoms. The molecule has 0 aliphatic carbocycles. The molecule has 0 bridgehead atoms. The number of para-hydroxylation sites is 4. The van der Waals surface area contributed by atoms with Gasteiger partial charge in [0.25, 0.3) is 0 Å². The van der Waals surface area contributed by atoms with E-state index in [1.165, 1.54) is 0 Å². The molecule has 0 atom stereocenters. The third kappa shape index (κ3) is 11.5. The number of hydrogen-bond donors (Lipinski definition) is 0. The van der Waals surface area contributed by atoms with Crippen LogP contribution in [0.15, 0.2) is 303 Å². The van der Waals surface area contributed by atoms with E-state index in [4.69, 9.17) is 14.2 Å². The van der Waals surface area contributed by atoms with Crippen molar-refractivity contribution in [3.05, 3.63) is 342 Å². The van der Waals surface area contributed by atoms with Crippen LogP contribution in [0.2, 0.25) is 0 Å². The molecular formula is C82H62N2O4. The zero-order valence-corrected chi connectivity index (χ0v) is 49.1. The van der Waals surface area contributed by atoms with Crippen molar-refractivity contribution >= 4 is 85.3 Å². The van der Waals surface area contributed by atoms with Crippen molar-refractivity contribution in [3.8, 4) is 39.5 Å². The number of methoxy groups -OCH3 is 3. The van der Waals surface area contributed by atoms with Crippen molar-refractivity contribution in [2.45, 2.75) is 0 Å². The topological polar surface area (TPSA) is 51.2 Å². The van der Waals surface area contributed by atoms with E-state index in [1.54, 1.807) is 21.3 Å². The predicted molar refractivity (Wildman–Crippen MR) is 366 cm³/mol. The summed E-state index contributed by atoms with van der Waals surface area (Å²) in [6, 6.07) is 105. The molecule has 0 aliphatic rings. The molecule has 13 rings (SSSR count). The summed E-state index contributed by atoms with van der Waals surface area (Å²) in [6.07, 6.45) is 5.23. The van der Waals surface area contributed by atoms with Crippen LogP contribution >= 0.6 is 0 Å². The summed E-state index contributed by atoms with van der Waals surface area (Å²) in [4.78, 5) is 17.7. The quantitative estimate of drug-likeness (QED) is 0.0485. The molecule has 0 spiro atoms. The molecule has 0 saturated heterocycles. The molecule has 424 valence electrons. The first-order valence-corrected chi connectivity index (χ1v) is 29.4. The Morgan fingerprint density at radius 2 is 0.625 bits per heavy atom. The summed E-state index contributed by atoms with van der Waals surface area (Å²) in [6.45, 7) is 0. The van der Waals surface area contributed by atoms with Gasteiger partial charge < -0.3 is 24.0 Å². The van der Waals surface area contributed by atoms with Crippen LogP contribution in [0.5, 0.6) is 17.2 Å². The Balaban J connectivity index is 0.808. The van der Waals surface area contributed by atoms with Gasteiger partial charge in [-0.2, -0.15) is 0 Å². The van der Waals surface area contributed by atoms with Gasteiger partial charge in [0.05, 0.1) is 21.3 Å². The maximum Gasteiger partial charge on any atom is 0.150 e. The highest BCUT2D eigenvalue weighted by molar-refractivity contribution is 6.10. The number of rotatable bonds is 18. The highest BCUT2D eigenvalue weighted by Crippen LogP contribution is 2.44. The van der Waals surface area contributed by atoms with E-state index in [1.807, 2.05) is 60.7 Å². The van der Waals surface area contributed by atoms with Gasteiger partial charge in [-0.15, -0.1) is 0 Å². The van der Waals surface area contributed by atoms with Crippen molar-refractivity contribution in [3.63, 3.8) is 0 Å². The van der Waals surface area contributed by atoms with Gasteiger partial charge in [-0.1, -0.05) is 194 Å². The van der Waals surface area contributed by atoms with Crippen LogP contribution in [0, 0.1) is 0 Å². The minimum absolute atomic E-state index is 0.555. The Morgan fingerprint density at radius 3 is 1.00 bits per heavy atom. The third-order valence-corrected chi connectivity index (χ3v) is 16.2. The van der Waals surface area contributed by atoms with Gasteiger partial charge >= 0.3 is 0 Å². The van der Waals surface area contributed by atoms with E-state index < -0.39 is 0 Å². The molecular weight excluding hydrogens is 1080 g/mol. The van der Waals surface area contributed by atoms with Crippen LogP contribution in [0.4, 0.5) is 34.1 Å². The van der Waals surface area contributed by atoms with Crippen LogP contribution in [-0.4, -0.2) is 27.6 Å². The standard InChI is InChI=1S/C82H62N2O4/c1-86-80-55-79(82(88-3)54-66(80)51-77(58-24-12-5-13-25-58)60-38-44-73(45-39-60)84(70-30-18-8-19-31-70)71-32-20-9-21-33-71)64-41-47-75-62(49-64)35-34-61-48-63(40-46-74(61)75)78-52-67(56-85)65(53-81(78)87-2)50-76(57-22-10-4-11-23-57)59-36-42-72(43-37-59)83(68-26-14-6-15-27-68)69-28-16-7-17-29-69/h4-56H,1-3H3. The van der Waals surface area contributed by atoms with Gasteiger partial charge in [0.2, 0.25) is 0 Å². The molecule has 13 aromatic carbocycles.